The summed E-state index contributed by atoms with van der Waals surface area (Å²) in [7, 11) is 0. The summed E-state index contributed by atoms with van der Waals surface area (Å²) in [6.07, 6.45) is 6.36. The third kappa shape index (κ3) is 4.54. The molecule has 2 heterocycles. The summed E-state index contributed by atoms with van der Waals surface area (Å²) in [6.45, 7) is 4.22. The van der Waals surface area contributed by atoms with Crippen molar-refractivity contribution in [2.45, 2.75) is 50.9 Å². The van der Waals surface area contributed by atoms with Crippen LogP contribution in [0.1, 0.15) is 55.1 Å². The lowest BCUT2D eigenvalue weighted by Gasteiger charge is -2.16. The highest BCUT2D eigenvalue weighted by Gasteiger charge is 2.50. The first kappa shape index (κ1) is 21.2. The Morgan fingerprint density at radius 1 is 1.13 bits per heavy atom. The van der Waals surface area contributed by atoms with Crippen LogP contribution in [-0.2, 0) is 23.1 Å². The molecule has 160 valence electrons. The van der Waals surface area contributed by atoms with Gasteiger partial charge in [-0.3, -0.25) is 9.78 Å². The van der Waals surface area contributed by atoms with Crippen LogP contribution in [0.15, 0.2) is 48.8 Å². The van der Waals surface area contributed by atoms with Crippen molar-refractivity contribution in [3.8, 4) is 0 Å². The summed E-state index contributed by atoms with van der Waals surface area (Å²) in [5.74, 6) is 0.603. The molecule has 1 aromatic carbocycles. The molecule has 0 unspecified atom stereocenters. The summed E-state index contributed by atoms with van der Waals surface area (Å²) >= 11 is 6.37. The molecule has 2 aromatic heterocycles. The lowest BCUT2D eigenvalue weighted by atomic mass is 9.88. The van der Waals surface area contributed by atoms with Crippen molar-refractivity contribution >= 4 is 29.1 Å². The van der Waals surface area contributed by atoms with Crippen molar-refractivity contribution in [1.29, 1.82) is 0 Å². The molecule has 0 aliphatic heterocycles. The number of nitrogens with two attached hydrogens (primary N) is 1. The van der Waals surface area contributed by atoms with Gasteiger partial charge in [-0.15, -0.1) is 0 Å². The number of benzene rings is 1. The van der Waals surface area contributed by atoms with E-state index in [1.807, 2.05) is 30.3 Å². The summed E-state index contributed by atoms with van der Waals surface area (Å²) in [4.78, 5) is 25.4. The first-order valence-corrected chi connectivity index (χ1v) is 10.9. The number of aryl methyl sites for hydroxylation is 2. The fourth-order valence-corrected chi connectivity index (χ4v) is 4.01. The van der Waals surface area contributed by atoms with Crippen LogP contribution in [0.4, 0.5) is 11.6 Å². The van der Waals surface area contributed by atoms with Gasteiger partial charge >= 0.3 is 0 Å². The number of aromatic nitrogens is 3. The van der Waals surface area contributed by atoms with Gasteiger partial charge in [0.25, 0.3) is 0 Å². The predicted molar refractivity (Wildman–Crippen MR) is 123 cm³/mol. The first-order valence-electron chi connectivity index (χ1n) is 10.5. The number of primary amides is 1. The van der Waals surface area contributed by atoms with Crippen LogP contribution >= 0.6 is 11.6 Å². The summed E-state index contributed by atoms with van der Waals surface area (Å²) in [5, 5.41) is 3.71. The van der Waals surface area contributed by atoms with Crippen molar-refractivity contribution in [3.05, 3.63) is 76.3 Å². The molecule has 1 amide bonds. The standard InChI is InChI=1S/C24H26ClN5O/c1-15(2)20-10-8-17(13-27-20)29-23-28-14-19(25)21(30-23)9-7-16-5-3-4-6-18(16)24(11-12-24)22(26)31/h3-6,8,10,13-15H,7,9,11-12H2,1-2H3,(H2,26,31)(H,28,29,30). The topological polar surface area (TPSA) is 93.8 Å². The molecule has 7 heteroatoms. The molecule has 1 aliphatic carbocycles. The van der Waals surface area contributed by atoms with E-state index in [0.29, 0.717) is 29.7 Å². The van der Waals surface area contributed by atoms with Gasteiger partial charge in [-0.25, -0.2) is 9.97 Å². The third-order valence-corrected chi connectivity index (χ3v) is 6.15. The van der Waals surface area contributed by atoms with Crippen LogP contribution in [0, 0.1) is 0 Å². The minimum absolute atomic E-state index is 0.247. The highest BCUT2D eigenvalue weighted by molar-refractivity contribution is 6.31. The summed E-state index contributed by atoms with van der Waals surface area (Å²) in [6, 6.07) is 12.0. The van der Waals surface area contributed by atoms with E-state index in [2.05, 4.69) is 40.2 Å². The summed E-state index contributed by atoms with van der Waals surface area (Å²) < 4.78 is 0. The molecule has 1 saturated carbocycles. The van der Waals surface area contributed by atoms with Gasteiger partial charge in [0.2, 0.25) is 11.9 Å². The number of rotatable bonds is 8. The smallest absolute Gasteiger partial charge is 0.228 e. The van der Waals surface area contributed by atoms with Crippen LogP contribution in [0.2, 0.25) is 5.02 Å². The number of hydrogen-bond donors (Lipinski definition) is 2. The minimum Gasteiger partial charge on any atom is -0.369 e. The minimum atomic E-state index is -0.506. The largest absolute Gasteiger partial charge is 0.369 e. The second-order valence-corrected chi connectivity index (χ2v) is 8.75. The number of amides is 1. The second kappa shape index (κ2) is 8.63. The highest BCUT2D eigenvalue weighted by atomic mass is 35.5. The van der Waals surface area contributed by atoms with Gasteiger partial charge in [-0.2, -0.15) is 0 Å². The van der Waals surface area contributed by atoms with E-state index in [4.69, 9.17) is 17.3 Å². The zero-order valence-corrected chi connectivity index (χ0v) is 18.5. The quantitative estimate of drug-likeness (QED) is 0.535. The zero-order valence-electron chi connectivity index (χ0n) is 17.7. The monoisotopic (exact) mass is 435 g/mol. The van der Waals surface area contributed by atoms with Crippen molar-refractivity contribution in [2.24, 2.45) is 5.73 Å². The van der Waals surface area contributed by atoms with Gasteiger partial charge in [0.05, 0.1) is 34.2 Å². The van der Waals surface area contributed by atoms with Crippen molar-refractivity contribution in [3.63, 3.8) is 0 Å². The average molecular weight is 436 g/mol. The molecular weight excluding hydrogens is 410 g/mol. The maximum atomic E-state index is 12.0. The fourth-order valence-electron chi connectivity index (χ4n) is 3.82. The lowest BCUT2D eigenvalue weighted by Crippen LogP contribution is -2.29. The molecule has 6 nitrogen and oxygen atoms in total. The molecule has 3 N–H and O–H groups in total. The highest BCUT2D eigenvalue weighted by Crippen LogP contribution is 2.49. The van der Waals surface area contributed by atoms with E-state index in [0.717, 1.165) is 41.0 Å². The van der Waals surface area contributed by atoms with Gasteiger partial charge in [0.1, 0.15) is 0 Å². The van der Waals surface area contributed by atoms with E-state index in [1.165, 1.54) is 0 Å². The third-order valence-electron chi connectivity index (χ3n) is 5.84. The first-order chi connectivity index (χ1) is 14.9. The predicted octanol–water partition coefficient (Wildman–Crippen LogP) is 4.69. The Morgan fingerprint density at radius 2 is 1.90 bits per heavy atom. The number of carbonyl (C=O) groups excluding carboxylic acids is 1. The normalized spacial score (nSPS) is 14.5. The number of hydrogen-bond acceptors (Lipinski definition) is 5. The average Bonchev–Trinajstić information content (AvgIpc) is 3.57. The fraction of sp³-hybridized carbons (Fsp3) is 0.333. The van der Waals surface area contributed by atoms with E-state index in [9.17, 15) is 4.79 Å². The van der Waals surface area contributed by atoms with Gasteiger partial charge in [0.15, 0.2) is 0 Å². The Balaban J connectivity index is 1.50. The van der Waals surface area contributed by atoms with Gasteiger partial charge in [0, 0.05) is 5.69 Å². The second-order valence-electron chi connectivity index (χ2n) is 8.34. The Bertz CT molecular complexity index is 1090. The number of anilines is 2. The van der Waals surface area contributed by atoms with Crippen LogP contribution in [0.3, 0.4) is 0 Å². The molecular formula is C24H26ClN5O. The molecule has 1 fully saturated rings. The number of nitrogens with zero attached hydrogens (tertiary/aromatic N) is 3. The van der Waals surface area contributed by atoms with Crippen LogP contribution in [0.5, 0.6) is 0 Å². The van der Waals surface area contributed by atoms with Gasteiger partial charge in [-0.1, -0.05) is 49.7 Å². The van der Waals surface area contributed by atoms with E-state index in [1.54, 1.807) is 12.4 Å². The Labute approximate surface area is 187 Å². The van der Waals surface area contributed by atoms with Crippen LogP contribution < -0.4 is 11.1 Å². The van der Waals surface area contributed by atoms with E-state index < -0.39 is 5.41 Å². The number of pyridine rings is 1. The Kier molecular flexibility index (Phi) is 5.92. The van der Waals surface area contributed by atoms with Crippen molar-refractivity contribution in [1.82, 2.24) is 15.0 Å². The maximum absolute atomic E-state index is 12.0. The Hall–Kier alpha value is -2.99. The molecule has 0 bridgehead atoms. The van der Waals surface area contributed by atoms with E-state index >= 15 is 0 Å². The van der Waals surface area contributed by atoms with Gasteiger partial charge < -0.3 is 11.1 Å². The summed E-state index contributed by atoms with van der Waals surface area (Å²) in [5.41, 5.74) is 9.93. The number of nitrogens with one attached hydrogen (secondary N) is 1. The molecule has 4 rings (SSSR count). The number of halogens is 1. The van der Waals surface area contributed by atoms with E-state index in [-0.39, 0.29) is 5.91 Å². The van der Waals surface area contributed by atoms with Crippen LogP contribution in [-0.4, -0.2) is 20.9 Å². The Morgan fingerprint density at radius 3 is 2.55 bits per heavy atom. The molecule has 0 spiro atoms. The van der Waals surface area contributed by atoms with Gasteiger partial charge in [-0.05, 0) is 54.9 Å². The lowest BCUT2D eigenvalue weighted by molar-refractivity contribution is -0.120. The van der Waals surface area contributed by atoms with Crippen molar-refractivity contribution < 1.29 is 4.79 Å². The maximum Gasteiger partial charge on any atom is 0.228 e. The molecule has 0 saturated heterocycles. The SMILES string of the molecule is CC(C)c1ccc(Nc2ncc(Cl)c(CCc3ccccc3C3(C(N)=O)CC3)n2)cn1. The molecule has 3 aromatic rings. The zero-order chi connectivity index (χ0) is 22.0. The number of carbonyl (C=O) groups is 1. The van der Waals surface area contributed by atoms with Crippen LogP contribution in [0.25, 0.3) is 0 Å². The van der Waals surface area contributed by atoms with Crippen molar-refractivity contribution in [2.75, 3.05) is 5.32 Å². The molecule has 0 atom stereocenters. The molecule has 1 aliphatic rings. The molecule has 31 heavy (non-hydrogen) atoms. The molecule has 0 radical (unpaired) electrons.